The first-order valence-corrected chi connectivity index (χ1v) is 5.49. The molecule has 1 saturated carbocycles. The maximum atomic E-state index is 11.8. The maximum Gasteiger partial charge on any atom is 0.226 e. The number of nitrogens with one attached hydrogen (secondary N) is 2. The van der Waals surface area contributed by atoms with Crippen molar-refractivity contribution in [3.63, 3.8) is 0 Å². The Kier molecular flexibility index (Phi) is 3.72. The predicted molar refractivity (Wildman–Crippen MR) is 58.2 cm³/mol. The zero-order chi connectivity index (χ0) is 11.5. The van der Waals surface area contributed by atoms with Crippen LogP contribution in [0.4, 0.5) is 0 Å². The van der Waals surface area contributed by atoms with Gasteiger partial charge in [-0.3, -0.25) is 9.59 Å². The summed E-state index contributed by atoms with van der Waals surface area (Å²) in [5.74, 6) is 0.525. The average Bonchev–Trinajstić information content (AvgIpc) is 2.20. The fourth-order valence-corrected chi connectivity index (χ4v) is 1.82. The summed E-state index contributed by atoms with van der Waals surface area (Å²) in [5, 5.41) is 5.50. The summed E-state index contributed by atoms with van der Waals surface area (Å²) in [6.45, 7) is 6.61. The van der Waals surface area contributed by atoms with Gasteiger partial charge >= 0.3 is 0 Å². The van der Waals surface area contributed by atoms with E-state index in [-0.39, 0.29) is 17.2 Å². The van der Waals surface area contributed by atoms with E-state index in [0.29, 0.717) is 19.0 Å². The van der Waals surface area contributed by atoms with Crippen LogP contribution in [0.3, 0.4) is 0 Å². The summed E-state index contributed by atoms with van der Waals surface area (Å²) in [6, 6.07) is 0. The van der Waals surface area contributed by atoms with Crippen LogP contribution in [0.2, 0.25) is 0 Å². The summed E-state index contributed by atoms with van der Waals surface area (Å²) < 4.78 is 0. The van der Waals surface area contributed by atoms with Gasteiger partial charge in [-0.15, -0.1) is 0 Å². The highest BCUT2D eigenvalue weighted by Crippen LogP contribution is 2.45. The Bertz CT molecular complexity index is 265. The smallest absolute Gasteiger partial charge is 0.226 e. The molecule has 86 valence electrons. The molecule has 0 spiro atoms. The number of hydrogen-bond donors (Lipinski definition) is 2. The average molecular weight is 212 g/mol. The number of hydrogen-bond acceptors (Lipinski definition) is 2. The summed E-state index contributed by atoms with van der Waals surface area (Å²) in [7, 11) is 0. The second-order valence-electron chi connectivity index (χ2n) is 4.60. The molecule has 1 fully saturated rings. The Hall–Kier alpha value is -1.06. The number of amides is 2. The molecule has 1 rings (SSSR count). The van der Waals surface area contributed by atoms with E-state index >= 15 is 0 Å². The van der Waals surface area contributed by atoms with Gasteiger partial charge in [-0.25, -0.2) is 0 Å². The highest BCUT2D eigenvalue weighted by atomic mass is 16.2. The van der Waals surface area contributed by atoms with Gasteiger partial charge in [-0.2, -0.15) is 0 Å². The highest BCUT2D eigenvalue weighted by molar-refractivity contribution is 5.83. The first-order valence-electron chi connectivity index (χ1n) is 5.49. The minimum Gasteiger partial charge on any atom is -0.355 e. The van der Waals surface area contributed by atoms with Gasteiger partial charge in [0.05, 0.1) is 0 Å². The quantitative estimate of drug-likeness (QED) is 0.673. The molecular weight excluding hydrogens is 192 g/mol. The van der Waals surface area contributed by atoms with Gasteiger partial charge in [0.1, 0.15) is 0 Å². The van der Waals surface area contributed by atoms with Crippen LogP contribution in [0.5, 0.6) is 0 Å². The molecule has 2 N–H and O–H groups in total. The number of rotatable bonds is 4. The Morgan fingerprint density at radius 3 is 2.33 bits per heavy atom. The lowest BCUT2D eigenvalue weighted by molar-refractivity contribution is -0.139. The van der Waals surface area contributed by atoms with Gasteiger partial charge in [0, 0.05) is 25.4 Å². The second-order valence-corrected chi connectivity index (χ2v) is 4.60. The molecule has 0 aliphatic heterocycles. The first kappa shape index (κ1) is 12.0. The molecular formula is C11H20N2O2. The Morgan fingerprint density at radius 2 is 1.93 bits per heavy atom. The highest BCUT2D eigenvalue weighted by Gasteiger charge is 2.45. The van der Waals surface area contributed by atoms with Crippen LogP contribution in [-0.2, 0) is 9.59 Å². The van der Waals surface area contributed by atoms with E-state index < -0.39 is 0 Å². The van der Waals surface area contributed by atoms with E-state index in [1.807, 2.05) is 6.92 Å². The van der Waals surface area contributed by atoms with Crippen molar-refractivity contribution >= 4 is 11.8 Å². The van der Waals surface area contributed by atoms with Crippen molar-refractivity contribution in [1.29, 1.82) is 0 Å². The monoisotopic (exact) mass is 212 g/mol. The molecule has 2 amide bonds. The van der Waals surface area contributed by atoms with E-state index in [4.69, 9.17) is 0 Å². The van der Waals surface area contributed by atoms with E-state index in [0.717, 1.165) is 12.8 Å². The first-order chi connectivity index (χ1) is 6.97. The van der Waals surface area contributed by atoms with Gasteiger partial charge in [0.25, 0.3) is 0 Å². The molecule has 0 saturated heterocycles. The van der Waals surface area contributed by atoms with Gasteiger partial charge < -0.3 is 10.6 Å². The third-order valence-electron chi connectivity index (χ3n) is 3.49. The van der Waals surface area contributed by atoms with Crippen LogP contribution in [-0.4, -0.2) is 24.9 Å². The Morgan fingerprint density at radius 1 is 1.33 bits per heavy atom. The van der Waals surface area contributed by atoms with Crippen molar-refractivity contribution in [2.24, 2.45) is 11.3 Å². The maximum absolute atomic E-state index is 11.8. The number of carbonyl (C=O) groups is 2. The minimum absolute atomic E-state index is 0.0625. The predicted octanol–water partition coefficient (Wildman–Crippen LogP) is 0.675. The molecule has 0 aromatic rings. The fraction of sp³-hybridized carbons (Fsp3) is 0.818. The third-order valence-corrected chi connectivity index (χ3v) is 3.49. The van der Waals surface area contributed by atoms with Crippen LogP contribution in [0.25, 0.3) is 0 Å². The molecule has 0 aromatic carbocycles. The lowest BCUT2D eigenvalue weighted by atomic mass is 9.61. The van der Waals surface area contributed by atoms with E-state index in [9.17, 15) is 9.59 Å². The fourth-order valence-electron chi connectivity index (χ4n) is 1.82. The normalized spacial score (nSPS) is 29.1. The largest absolute Gasteiger partial charge is 0.355 e. The molecule has 1 aliphatic rings. The van der Waals surface area contributed by atoms with Crippen LogP contribution in [0, 0.1) is 11.3 Å². The van der Waals surface area contributed by atoms with Crippen molar-refractivity contribution in [3.05, 3.63) is 0 Å². The Balaban J connectivity index is 2.22. The summed E-state index contributed by atoms with van der Waals surface area (Å²) in [6.07, 6.45) is 2.11. The van der Waals surface area contributed by atoms with Gasteiger partial charge in [0.15, 0.2) is 0 Å². The van der Waals surface area contributed by atoms with Gasteiger partial charge in [-0.1, -0.05) is 13.8 Å². The standard InChI is InChI=1S/C11H20N2O2/c1-8-4-5-11(8,3)10(15)13-7-6-12-9(2)14/h8H,4-7H2,1-3H3,(H,12,14)(H,13,15). The molecule has 2 atom stereocenters. The van der Waals surface area contributed by atoms with Crippen LogP contribution >= 0.6 is 0 Å². The molecule has 0 aromatic heterocycles. The molecule has 1 aliphatic carbocycles. The zero-order valence-corrected chi connectivity index (χ0v) is 9.72. The van der Waals surface area contributed by atoms with Crippen LogP contribution < -0.4 is 10.6 Å². The summed E-state index contributed by atoms with van der Waals surface area (Å²) in [4.78, 5) is 22.4. The van der Waals surface area contributed by atoms with E-state index in [1.54, 1.807) is 0 Å². The van der Waals surface area contributed by atoms with Crippen molar-refractivity contribution in [2.45, 2.75) is 33.6 Å². The van der Waals surface area contributed by atoms with Crippen molar-refractivity contribution in [1.82, 2.24) is 10.6 Å². The van der Waals surface area contributed by atoms with E-state index in [1.165, 1.54) is 6.92 Å². The molecule has 4 nitrogen and oxygen atoms in total. The SMILES string of the molecule is CC(=O)NCCNC(=O)C1(C)CCC1C. The van der Waals surface area contributed by atoms with Crippen molar-refractivity contribution < 1.29 is 9.59 Å². The summed E-state index contributed by atoms with van der Waals surface area (Å²) in [5.41, 5.74) is -0.184. The summed E-state index contributed by atoms with van der Waals surface area (Å²) >= 11 is 0. The second kappa shape index (κ2) is 4.64. The lowest BCUT2D eigenvalue weighted by Crippen LogP contribution is -2.50. The topological polar surface area (TPSA) is 58.2 Å². The third kappa shape index (κ3) is 2.70. The van der Waals surface area contributed by atoms with Crippen LogP contribution in [0.1, 0.15) is 33.6 Å². The van der Waals surface area contributed by atoms with Crippen molar-refractivity contribution in [2.75, 3.05) is 13.1 Å². The molecule has 0 bridgehead atoms. The van der Waals surface area contributed by atoms with Crippen molar-refractivity contribution in [3.8, 4) is 0 Å². The lowest BCUT2D eigenvalue weighted by Gasteiger charge is -2.43. The van der Waals surface area contributed by atoms with Gasteiger partial charge in [0.2, 0.25) is 11.8 Å². The molecule has 0 heterocycles. The number of carbonyl (C=O) groups excluding carboxylic acids is 2. The van der Waals surface area contributed by atoms with E-state index in [2.05, 4.69) is 17.6 Å². The zero-order valence-electron chi connectivity index (χ0n) is 9.72. The molecule has 4 heteroatoms. The minimum atomic E-state index is -0.184. The Labute approximate surface area is 90.8 Å². The van der Waals surface area contributed by atoms with Gasteiger partial charge in [-0.05, 0) is 18.8 Å². The molecule has 0 radical (unpaired) electrons. The molecule has 15 heavy (non-hydrogen) atoms. The molecule has 2 unspecified atom stereocenters. The van der Waals surface area contributed by atoms with Crippen LogP contribution in [0.15, 0.2) is 0 Å².